The lowest BCUT2D eigenvalue weighted by Gasteiger charge is -2.19. The molecule has 3 heterocycles. The fourth-order valence-electron chi connectivity index (χ4n) is 2.83. The van der Waals surface area contributed by atoms with Crippen molar-refractivity contribution in [2.24, 2.45) is 0 Å². The highest BCUT2D eigenvalue weighted by Crippen LogP contribution is 2.31. The lowest BCUT2D eigenvalue weighted by Crippen LogP contribution is -2.12. The molecule has 2 N–H and O–H groups in total. The van der Waals surface area contributed by atoms with E-state index in [1.807, 2.05) is 31.3 Å². The molecule has 4 aromatic rings. The molecular weight excluding hydrogens is 413 g/mol. The Morgan fingerprint density at radius 1 is 1.19 bits per heavy atom. The lowest BCUT2D eigenvalue weighted by molar-refractivity contribution is 0.222. The van der Waals surface area contributed by atoms with Crippen molar-refractivity contribution in [2.45, 2.75) is 13.0 Å². The molecule has 0 bridgehead atoms. The Labute approximate surface area is 162 Å². The molecule has 0 spiro atoms. The zero-order chi connectivity index (χ0) is 19.0. The first-order valence-electron chi connectivity index (χ1n) is 8.20. The van der Waals surface area contributed by atoms with Crippen LogP contribution in [0.25, 0.3) is 16.6 Å². The average molecular weight is 428 g/mol. The quantitative estimate of drug-likeness (QED) is 0.487. The van der Waals surface area contributed by atoms with Crippen LogP contribution in [0, 0.1) is 5.82 Å². The Kier molecular flexibility index (Phi) is 4.49. The van der Waals surface area contributed by atoms with Gasteiger partial charge in [-0.25, -0.2) is 19.0 Å². The van der Waals surface area contributed by atoms with E-state index in [9.17, 15) is 4.39 Å². The number of fused-ring (bicyclic) bond motifs is 1. The molecule has 0 aliphatic heterocycles. The Morgan fingerprint density at radius 2 is 2.04 bits per heavy atom. The number of nitrogen functional groups attached to an aromatic ring is 1. The monoisotopic (exact) mass is 427 g/mol. The number of nitrogens with zero attached hydrogens (tertiary/aromatic N) is 4. The number of hydrogen-bond donors (Lipinski definition) is 1. The highest BCUT2D eigenvalue weighted by atomic mass is 79.9. The molecule has 8 heteroatoms. The summed E-state index contributed by atoms with van der Waals surface area (Å²) in [5.41, 5.74) is 8.10. The van der Waals surface area contributed by atoms with E-state index in [1.54, 1.807) is 23.0 Å². The van der Waals surface area contributed by atoms with Crippen molar-refractivity contribution in [1.29, 1.82) is 0 Å². The number of aromatic nitrogens is 4. The van der Waals surface area contributed by atoms with Crippen LogP contribution in [0.15, 0.2) is 59.5 Å². The number of halogens is 2. The van der Waals surface area contributed by atoms with Gasteiger partial charge in [-0.15, -0.1) is 0 Å². The molecule has 27 heavy (non-hydrogen) atoms. The van der Waals surface area contributed by atoms with E-state index in [1.165, 1.54) is 12.1 Å². The summed E-state index contributed by atoms with van der Waals surface area (Å²) in [6, 6.07) is 11.6. The number of nitrogens with two attached hydrogens (primary N) is 1. The molecule has 0 aliphatic rings. The van der Waals surface area contributed by atoms with Gasteiger partial charge in [-0.2, -0.15) is 5.10 Å². The predicted octanol–water partition coefficient (Wildman–Crippen LogP) is 4.44. The molecule has 0 saturated heterocycles. The fraction of sp³-hybridized carbons (Fsp3) is 0.105. The van der Waals surface area contributed by atoms with Gasteiger partial charge in [-0.1, -0.05) is 0 Å². The first-order valence-corrected chi connectivity index (χ1v) is 8.99. The molecule has 6 nitrogen and oxygen atoms in total. The van der Waals surface area contributed by atoms with E-state index in [0.29, 0.717) is 26.9 Å². The van der Waals surface area contributed by atoms with Crippen molar-refractivity contribution in [3.05, 3.63) is 71.0 Å². The maximum absolute atomic E-state index is 13.5. The summed E-state index contributed by atoms with van der Waals surface area (Å²) in [7, 11) is 0. The zero-order valence-electron chi connectivity index (χ0n) is 14.3. The van der Waals surface area contributed by atoms with E-state index in [2.05, 4.69) is 31.0 Å². The predicted molar refractivity (Wildman–Crippen MR) is 104 cm³/mol. The van der Waals surface area contributed by atoms with E-state index in [4.69, 9.17) is 10.5 Å². The van der Waals surface area contributed by atoms with Crippen LogP contribution in [-0.4, -0.2) is 19.7 Å². The van der Waals surface area contributed by atoms with Crippen molar-refractivity contribution < 1.29 is 9.13 Å². The molecular formula is C19H15BrFN5O. The second-order valence-electron chi connectivity index (χ2n) is 5.96. The standard InChI is InChI=1S/C19H15BrFN5O/c1-11(18-15(5-6-17(20)25-18)26-8-2-7-23-26)27-16-10-12-9-13(21)3-4-14(12)24-19(16)22/h2-11H,1H3,(H2,22,24)/t11-/m0/s1. The number of anilines is 1. The molecule has 1 aromatic carbocycles. The molecule has 0 unspecified atom stereocenters. The van der Waals surface area contributed by atoms with Gasteiger partial charge in [0.25, 0.3) is 0 Å². The van der Waals surface area contributed by atoms with Crippen molar-refractivity contribution in [1.82, 2.24) is 19.7 Å². The van der Waals surface area contributed by atoms with Gasteiger partial charge >= 0.3 is 0 Å². The van der Waals surface area contributed by atoms with Gasteiger partial charge in [-0.05, 0) is 65.3 Å². The van der Waals surface area contributed by atoms with Crippen LogP contribution < -0.4 is 10.5 Å². The zero-order valence-corrected chi connectivity index (χ0v) is 15.9. The van der Waals surface area contributed by atoms with Gasteiger partial charge in [0.2, 0.25) is 0 Å². The second kappa shape index (κ2) is 6.96. The fourth-order valence-corrected chi connectivity index (χ4v) is 3.15. The smallest absolute Gasteiger partial charge is 0.166 e. The summed E-state index contributed by atoms with van der Waals surface area (Å²) in [5, 5.41) is 4.87. The molecule has 0 aliphatic carbocycles. The van der Waals surface area contributed by atoms with Crippen molar-refractivity contribution in [2.75, 3.05) is 5.73 Å². The van der Waals surface area contributed by atoms with Crippen LogP contribution in [0.5, 0.6) is 5.75 Å². The molecule has 0 radical (unpaired) electrons. The van der Waals surface area contributed by atoms with Crippen LogP contribution in [0.1, 0.15) is 18.7 Å². The van der Waals surface area contributed by atoms with Gasteiger partial charge in [0, 0.05) is 17.8 Å². The number of rotatable bonds is 4. The maximum atomic E-state index is 13.5. The maximum Gasteiger partial charge on any atom is 0.166 e. The Bertz CT molecular complexity index is 1120. The summed E-state index contributed by atoms with van der Waals surface area (Å²) >= 11 is 3.39. The van der Waals surface area contributed by atoms with E-state index >= 15 is 0 Å². The van der Waals surface area contributed by atoms with Gasteiger partial charge in [0.05, 0.1) is 11.2 Å². The molecule has 0 fully saturated rings. The normalized spacial score (nSPS) is 12.3. The molecule has 136 valence electrons. The van der Waals surface area contributed by atoms with Gasteiger partial charge in [0.15, 0.2) is 11.6 Å². The van der Waals surface area contributed by atoms with E-state index in [-0.39, 0.29) is 11.6 Å². The van der Waals surface area contributed by atoms with Crippen LogP contribution >= 0.6 is 15.9 Å². The number of pyridine rings is 2. The van der Waals surface area contributed by atoms with Gasteiger partial charge in [-0.3, -0.25) is 0 Å². The minimum absolute atomic E-state index is 0.233. The molecule has 0 amide bonds. The van der Waals surface area contributed by atoms with Gasteiger partial charge < -0.3 is 10.5 Å². The third-order valence-electron chi connectivity index (χ3n) is 4.08. The van der Waals surface area contributed by atoms with Crippen molar-refractivity contribution >= 4 is 32.7 Å². The Morgan fingerprint density at radius 3 is 2.81 bits per heavy atom. The Hall–Kier alpha value is -3.00. The summed E-state index contributed by atoms with van der Waals surface area (Å²) < 4.78 is 22.0. The topological polar surface area (TPSA) is 78.9 Å². The molecule has 0 saturated carbocycles. The largest absolute Gasteiger partial charge is 0.480 e. The van der Waals surface area contributed by atoms with Gasteiger partial charge in [0.1, 0.15) is 22.2 Å². The molecule has 1 atom stereocenters. The highest BCUT2D eigenvalue weighted by Gasteiger charge is 2.18. The minimum Gasteiger partial charge on any atom is -0.480 e. The number of ether oxygens (including phenoxy) is 1. The second-order valence-corrected chi connectivity index (χ2v) is 6.77. The van der Waals surface area contributed by atoms with Crippen LogP contribution in [-0.2, 0) is 0 Å². The molecule has 3 aromatic heterocycles. The van der Waals surface area contributed by atoms with E-state index < -0.39 is 6.10 Å². The number of hydrogen-bond acceptors (Lipinski definition) is 5. The third kappa shape index (κ3) is 3.48. The van der Waals surface area contributed by atoms with Crippen LogP contribution in [0.2, 0.25) is 0 Å². The Balaban J connectivity index is 1.72. The lowest BCUT2D eigenvalue weighted by atomic mass is 10.2. The van der Waals surface area contributed by atoms with Crippen molar-refractivity contribution in [3.63, 3.8) is 0 Å². The van der Waals surface area contributed by atoms with Crippen LogP contribution in [0.3, 0.4) is 0 Å². The van der Waals surface area contributed by atoms with E-state index in [0.717, 1.165) is 5.69 Å². The first-order chi connectivity index (χ1) is 13.0. The van der Waals surface area contributed by atoms with Crippen LogP contribution in [0.4, 0.5) is 10.2 Å². The third-order valence-corrected chi connectivity index (χ3v) is 4.52. The number of benzene rings is 1. The summed E-state index contributed by atoms with van der Waals surface area (Å²) in [6.45, 7) is 1.86. The average Bonchev–Trinajstić information content (AvgIpc) is 3.17. The molecule has 4 rings (SSSR count). The SMILES string of the molecule is C[C@H](Oc1cc2cc(F)ccc2nc1N)c1nc(Br)ccc1-n1cccn1. The van der Waals surface area contributed by atoms with Crippen molar-refractivity contribution in [3.8, 4) is 11.4 Å². The summed E-state index contributed by atoms with van der Waals surface area (Å²) in [6.07, 6.45) is 3.07. The summed E-state index contributed by atoms with van der Waals surface area (Å²) in [4.78, 5) is 8.83. The first kappa shape index (κ1) is 17.4. The minimum atomic E-state index is -0.447. The highest BCUT2D eigenvalue weighted by molar-refractivity contribution is 9.10. The summed E-state index contributed by atoms with van der Waals surface area (Å²) in [5.74, 6) is 0.257.